The smallest absolute Gasteiger partial charge is 0.227 e. The lowest BCUT2D eigenvalue weighted by atomic mass is 9.95. The van der Waals surface area contributed by atoms with Crippen LogP contribution < -0.4 is 0 Å². The Balaban J connectivity index is 2.24. The molecule has 0 amide bonds. The SMILES string of the molecule is [2H]C([2H])([2H])c1ccc(-c2ccccn2)c2oc3nc(C)cc(C([2H])(C)C)c3c12. The Morgan fingerprint density at radius 2 is 2.04 bits per heavy atom. The number of aryl methyl sites for hydroxylation is 2. The molecule has 0 saturated carbocycles. The number of fused-ring (bicyclic) bond motifs is 3. The highest BCUT2D eigenvalue weighted by Gasteiger charge is 2.19. The second-order valence-corrected chi connectivity index (χ2v) is 6.17. The number of aromatic nitrogens is 2. The highest BCUT2D eigenvalue weighted by atomic mass is 16.3. The number of hydrogen-bond donors (Lipinski definition) is 0. The van der Waals surface area contributed by atoms with Gasteiger partial charge in [-0.2, -0.15) is 0 Å². The zero-order valence-corrected chi connectivity index (χ0v) is 13.8. The first-order valence-corrected chi connectivity index (χ1v) is 7.86. The highest BCUT2D eigenvalue weighted by Crippen LogP contribution is 2.39. The fraction of sp³-hybridized carbons (Fsp3) is 0.238. The summed E-state index contributed by atoms with van der Waals surface area (Å²) < 4.78 is 38.8. The Bertz CT molecular complexity index is 1190. The molecule has 0 aliphatic rings. The van der Waals surface area contributed by atoms with E-state index in [9.17, 15) is 0 Å². The van der Waals surface area contributed by atoms with E-state index >= 15 is 0 Å². The number of pyridine rings is 2. The molecule has 0 aliphatic carbocycles. The van der Waals surface area contributed by atoms with Gasteiger partial charge < -0.3 is 4.42 Å². The van der Waals surface area contributed by atoms with Gasteiger partial charge in [-0.15, -0.1) is 0 Å². The molecule has 0 unspecified atom stereocenters. The van der Waals surface area contributed by atoms with Crippen molar-refractivity contribution in [3.05, 3.63) is 59.4 Å². The van der Waals surface area contributed by atoms with Gasteiger partial charge in [0.15, 0.2) is 0 Å². The first kappa shape index (κ1) is 11.0. The number of nitrogens with zero attached hydrogens (tertiary/aromatic N) is 2. The van der Waals surface area contributed by atoms with Crippen LogP contribution in [0, 0.1) is 13.8 Å². The molecule has 0 radical (unpaired) electrons. The van der Waals surface area contributed by atoms with E-state index in [1.165, 1.54) is 0 Å². The molecule has 24 heavy (non-hydrogen) atoms. The summed E-state index contributed by atoms with van der Waals surface area (Å²) in [6.45, 7) is 3.06. The van der Waals surface area contributed by atoms with Crippen LogP contribution in [0.15, 0.2) is 47.0 Å². The van der Waals surface area contributed by atoms with Crippen molar-refractivity contribution in [1.82, 2.24) is 9.97 Å². The topological polar surface area (TPSA) is 38.9 Å². The summed E-state index contributed by atoms with van der Waals surface area (Å²) in [6.07, 6.45) is 1.68. The van der Waals surface area contributed by atoms with Crippen molar-refractivity contribution in [2.75, 3.05) is 0 Å². The Labute approximate surface area is 147 Å². The molecule has 0 fully saturated rings. The molecular formula is C21H20N2O. The predicted octanol–water partition coefficient (Wildman–Crippen LogP) is 5.78. The minimum Gasteiger partial charge on any atom is -0.437 e. The van der Waals surface area contributed by atoms with E-state index in [2.05, 4.69) is 9.97 Å². The maximum atomic E-state index is 8.59. The van der Waals surface area contributed by atoms with E-state index in [1.54, 1.807) is 32.2 Å². The lowest BCUT2D eigenvalue weighted by Crippen LogP contribution is -1.93. The van der Waals surface area contributed by atoms with Crippen molar-refractivity contribution in [2.24, 2.45) is 0 Å². The van der Waals surface area contributed by atoms with Crippen molar-refractivity contribution in [3.8, 4) is 11.3 Å². The molecule has 3 heterocycles. The van der Waals surface area contributed by atoms with Crippen LogP contribution in [0.25, 0.3) is 33.3 Å². The fourth-order valence-corrected chi connectivity index (χ4v) is 3.11. The average Bonchev–Trinajstić information content (AvgIpc) is 2.97. The van der Waals surface area contributed by atoms with Gasteiger partial charge in [0, 0.05) is 28.3 Å². The van der Waals surface area contributed by atoms with Crippen LogP contribution in [-0.4, -0.2) is 9.97 Å². The van der Waals surface area contributed by atoms with Crippen LogP contribution >= 0.6 is 0 Å². The van der Waals surface area contributed by atoms with Crippen LogP contribution in [0.2, 0.25) is 0 Å². The maximum absolute atomic E-state index is 8.59. The van der Waals surface area contributed by atoms with Gasteiger partial charge in [-0.25, -0.2) is 4.98 Å². The van der Waals surface area contributed by atoms with Gasteiger partial charge in [-0.3, -0.25) is 4.98 Å². The normalized spacial score (nSPS) is 15.1. The van der Waals surface area contributed by atoms with Gasteiger partial charge in [-0.1, -0.05) is 26.0 Å². The van der Waals surface area contributed by atoms with Gasteiger partial charge in [0.2, 0.25) is 5.71 Å². The Morgan fingerprint density at radius 1 is 1.17 bits per heavy atom. The highest BCUT2D eigenvalue weighted by molar-refractivity contribution is 6.11. The summed E-state index contributed by atoms with van der Waals surface area (Å²) in [5, 5.41) is 1.07. The van der Waals surface area contributed by atoms with Crippen molar-refractivity contribution in [2.45, 2.75) is 33.5 Å². The van der Waals surface area contributed by atoms with E-state index in [4.69, 9.17) is 9.90 Å². The van der Waals surface area contributed by atoms with E-state index in [1.807, 2.05) is 31.2 Å². The summed E-state index contributed by atoms with van der Waals surface area (Å²) in [4.78, 5) is 8.88. The minimum atomic E-state index is -2.33. The summed E-state index contributed by atoms with van der Waals surface area (Å²) >= 11 is 0. The van der Waals surface area contributed by atoms with Crippen molar-refractivity contribution < 1.29 is 9.90 Å². The fourth-order valence-electron chi connectivity index (χ4n) is 3.11. The number of furan rings is 1. The quantitative estimate of drug-likeness (QED) is 0.469. The Morgan fingerprint density at radius 3 is 2.75 bits per heavy atom. The summed E-state index contributed by atoms with van der Waals surface area (Å²) in [6, 6.07) is 10.7. The van der Waals surface area contributed by atoms with Crippen molar-refractivity contribution in [3.63, 3.8) is 0 Å². The third-order valence-corrected chi connectivity index (χ3v) is 4.20. The zero-order chi connectivity index (χ0) is 20.3. The van der Waals surface area contributed by atoms with Crippen molar-refractivity contribution in [1.29, 1.82) is 0 Å². The molecule has 120 valence electrons. The molecule has 0 aliphatic heterocycles. The Hall–Kier alpha value is -2.68. The molecule has 0 saturated heterocycles. The number of benzene rings is 1. The van der Waals surface area contributed by atoms with Gasteiger partial charge in [0.1, 0.15) is 5.58 Å². The molecule has 3 aromatic heterocycles. The van der Waals surface area contributed by atoms with E-state index in [0.717, 1.165) is 5.69 Å². The number of hydrogen-bond acceptors (Lipinski definition) is 3. The third kappa shape index (κ3) is 2.20. The molecule has 4 rings (SSSR count). The first-order chi connectivity index (χ1) is 13.1. The molecule has 3 nitrogen and oxygen atoms in total. The second kappa shape index (κ2) is 5.45. The van der Waals surface area contributed by atoms with Crippen LogP contribution in [0.4, 0.5) is 0 Å². The zero-order valence-electron chi connectivity index (χ0n) is 17.8. The standard InChI is InChI=1S/C21H20N2O/c1-12(2)16-11-14(4)23-21-19(16)18-13(3)8-9-15(20(18)24-21)17-7-5-6-10-22-17/h5-12H,1-4H3/i3D3,12D. The summed E-state index contributed by atoms with van der Waals surface area (Å²) in [5.41, 5.74) is 3.77. The maximum Gasteiger partial charge on any atom is 0.227 e. The van der Waals surface area contributed by atoms with Crippen LogP contribution in [0.1, 0.15) is 42.0 Å². The molecule has 0 atom stereocenters. The molecule has 0 bridgehead atoms. The van der Waals surface area contributed by atoms with Gasteiger partial charge >= 0.3 is 0 Å². The Kier molecular flexibility index (Phi) is 2.49. The number of rotatable bonds is 2. The van der Waals surface area contributed by atoms with Crippen LogP contribution in [0.3, 0.4) is 0 Å². The molecule has 0 spiro atoms. The second-order valence-electron chi connectivity index (χ2n) is 6.17. The monoisotopic (exact) mass is 320 g/mol. The first-order valence-electron chi connectivity index (χ1n) is 9.86. The summed E-state index contributed by atoms with van der Waals surface area (Å²) in [5.74, 6) is -0.949. The molecule has 3 heteroatoms. The van der Waals surface area contributed by atoms with E-state index in [0.29, 0.717) is 38.9 Å². The van der Waals surface area contributed by atoms with E-state index in [-0.39, 0.29) is 5.56 Å². The summed E-state index contributed by atoms with van der Waals surface area (Å²) in [7, 11) is 0. The van der Waals surface area contributed by atoms with Gasteiger partial charge in [-0.05, 0) is 55.1 Å². The average molecular weight is 320 g/mol. The third-order valence-electron chi connectivity index (χ3n) is 4.20. The van der Waals surface area contributed by atoms with Gasteiger partial charge in [0.05, 0.1) is 11.1 Å². The largest absolute Gasteiger partial charge is 0.437 e. The molecule has 1 aromatic carbocycles. The molecule has 0 N–H and O–H groups in total. The predicted molar refractivity (Wildman–Crippen MR) is 98.3 cm³/mol. The lowest BCUT2D eigenvalue weighted by molar-refractivity contribution is 0.652. The minimum absolute atomic E-state index is 0.192. The van der Waals surface area contributed by atoms with Crippen LogP contribution in [0.5, 0.6) is 0 Å². The van der Waals surface area contributed by atoms with E-state index < -0.39 is 12.7 Å². The lowest BCUT2D eigenvalue weighted by Gasteiger charge is -2.09. The van der Waals surface area contributed by atoms with Crippen LogP contribution in [-0.2, 0) is 0 Å². The van der Waals surface area contributed by atoms with Gasteiger partial charge in [0.25, 0.3) is 0 Å². The molecular weight excluding hydrogens is 296 g/mol. The van der Waals surface area contributed by atoms with Crippen molar-refractivity contribution >= 4 is 22.1 Å². The molecule has 4 aromatic rings.